The minimum Gasteiger partial charge on any atom is -0.486 e. The SMILES string of the molecule is Cn1c(COc2ccc(CC3SC(=O)NC3=O)cc2)nc2ccc(Oc3ccc(NC(=O)Nc4cccc5ccccc45)cc3)cc21. The lowest BCUT2D eigenvalue weighted by Gasteiger charge is -2.11. The summed E-state index contributed by atoms with van der Waals surface area (Å²) in [4.78, 5) is 40.7. The number of benzene rings is 5. The molecule has 0 saturated carbocycles. The van der Waals surface area contributed by atoms with Gasteiger partial charge in [-0.3, -0.25) is 14.9 Å². The summed E-state index contributed by atoms with van der Waals surface area (Å²) in [6.45, 7) is 0.263. The number of nitrogens with one attached hydrogen (secondary N) is 3. The van der Waals surface area contributed by atoms with Crippen molar-refractivity contribution in [2.45, 2.75) is 18.3 Å². The van der Waals surface area contributed by atoms with Crippen LogP contribution in [0.5, 0.6) is 17.2 Å². The van der Waals surface area contributed by atoms with Crippen LogP contribution in [0.2, 0.25) is 0 Å². The van der Waals surface area contributed by atoms with Crippen LogP contribution in [0.3, 0.4) is 0 Å². The molecule has 5 aromatic carbocycles. The molecule has 1 atom stereocenters. The molecule has 1 aliphatic heterocycles. The van der Waals surface area contributed by atoms with Gasteiger partial charge in [0.2, 0.25) is 5.91 Å². The minimum atomic E-state index is -0.403. The molecule has 47 heavy (non-hydrogen) atoms. The van der Waals surface area contributed by atoms with Crippen LogP contribution in [0.25, 0.3) is 21.8 Å². The number of rotatable bonds is 9. The van der Waals surface area contributed by atoms with E-state index in [1.165, 1.54) is 0 Å². The molecule has 7 rings (SSSR count). The molecule has 0 bridgehead atoms. The van der Waals surface area contributed by atoms with Crippen molar-refractivity contribution in [3.05, 3.63) is 121 Å². The van der Waals surface area contributed by atoms with E-state index >= 15 is 0 Å². The Morgan fingerprint density at radius 2 is 1.62 bits per heavy atom. The van der Waals surface area contributed by atoms with Gasteiger partial charge in [-0.25, -0.2) is 9.78 Å². The van der Waals surface area contributed by atoms with Crippen LogP contribution < -0.4 is 25.4 Å². The smallest absolute Gasteiger partial charge is 0.323 e. The number of aryl methyl sites for hydroxylation is 1. The lowest BCUT2D eigenvalue weighted by atomic mass is 10.1. The summed E-state index contributed by atoms with van der Waals surface area (Å²) < 4.78 is 14.1. The van der Waals surface area contributed by atoms with Gasteiger partial charge in [0, 0.05) is 24.2 Å². The summed E-state index contributed by atoms with van der Waals surface area (Å²) >= 11 is 1.02. The maximum absolute atomic E-state index is 12.7. The van der Waals surface area contributed by atoms with E-state index in [9.17, 15) is 14.4 Å². The van der Waals surface area contributed by atoms with Crippen LogP contribution in [-0.2, 0) is 24.9 Å². The molecule has 1 fully saturated rings. The Morgan fingerprint density at radius 3 is 2.40 bits per heavy atom. The highest BCUT2D eigenvalue weighted by Gasteiger charge is 2.31. The van der Waals surface area contributed by atoms with E-state index in [2.05, 4.69) is 16.0 Å². The highest BCUT2D eigenvalue weighted by molar-refractivity contribution is 8.15. The van der Waals surface area contributed by atoms with Crippen molar-refractivity contribution in [3.63, 3.8) is 0 Å². The van der Waals surface area contributed by atoms with Crippen molar-refractivity contribution in [3.8, 4) is 17.2 Å². The Hall–Kier alpha value is -5.81. The van der Waals surface area contributed by atoms with E-state index in [0.29, 0.717) is 29.4 Å². The zero-order chi connectivity index (χ0) is 32.3. The number of amides is 4. The number of imidazole rings is 1. The second kappa shape index (κ2) is 12.9. The number of thioether (sulfide) groups is 1. The first-order valence-corrected chi connectivity index (χ1v) is 15.8. The number of imide groups is 1. The molecule has 234 valence electrons. The van der Waals surface area contributed by atoms with Crippen molar-refractivity contribution in [1.82, 2.24) is 14.9 Å². The van der Waals surface area contributed by atoms with E-state index in [0.717, 1.165) is 50.6 Å². The lowest BCUT2D eigenvalue weighted by molar-refractivity contribution is -0.118. The molecule has 3 N–H and O–H groups in total. The Morgan fingerprint density at radius 1 is 0.872 bits per heavy atom. The first-order valence-electron chi connectivity index (χ1n) is 14.9. The highest BCUT2D eigenvalue weighted by Crippen LogP contribution is 2.29. The maximum Gasteiger partial charge on any atom is 0.323 e. The van der Waals surface area contributed by atoms with Gasteiger partial charge in [0.15, 0.2) is 0 Å². The molecular weight excluding hydrogens is 614 g/mol. The van der Waals surface area contributed by atoms with Gasteiger partial charge in [0.25, 0.3) is 5.24 Å². The van der Waals surface area contributed by atoms with Gasteiger partial charge in [-0.2, -0.15) is 0 Å². The number of fused-ring (bicyclic) bond motifs is 2. The number of anilines is 2. The molecule has 10 nitrogen and oxygen atoms in total. The number of carbonyl (C=O) groups is 3. The molecule has 1 aliphatic rings. The number of aromatic nitrogens is 2. The zero-order valence-corrected chi connectivity index (χ0v) is 26.0. The summed E-state index contributed by atoms with van der Waals surface area (Å²) in [5.74, 6) is 2.44. The van der Waals surface area contributed by atoms with Gasteiger partial charge in [-0.05, 0) is 72.0 Å². The van der Waals surface area contributed by atoms with E-state index < -0.39 is 5.25 Å². The monoisotopic (exact) mass is 643 g/mol. The van der Waals surface area contributed by atoms with Gasteiger partial charge in [-0.1, -0.05) is 60.3 Å². The topological polar surface area (TPSA) is 124 Å². The maximum atomic E-state index is 12.7. The summed E-state index contributed by atoms with van der Waals surface area (Å²) in [5, 5.41) is 9.43. The predicted molar refractivity (Wildman–Crippen MR) is 183 cm³/mol. The molecule has 1 aromatic heterocycles. The highest BCUT2D eigenvalue weighted by atomic mass is 32.2. The van der Waals surface area contributed by atoms with Gasteiger partial charge in [0.1, 0.15) is 29.7 Å². The predicted octanol–water partition coefficient (Wildman–Crippen LogP) is 7.64. The fourth-order valence-corrected chi connectivity index (χ4v) is 6.24. The van der Waals surface area contributed by atoms with Crippen molar-refractivity contribution in [1.29, 1.82) is 0 Å². The Kier molecular flexibility index (Phi) is 8.20. The van der Waals surface area contributed by atoms with Crippen LogP contribution >= 0.6 is 11.8 Å². The fourth-order valence-electron chi connectivity index (χ4n) is 5.38. The normalized spacial score (nSPS) is 14.3. The van der Waals surface area contributed by atoms with Crippen molar-refractivity contribution >= 4 is 62.1 Å². The molecule has 4 amide bonds. The summed E-state index contributed by atoms with van der Waals surface area (Å²) in [6.07, 6.45) is 0.475. The molecule has 0 aliphatic carbocycles. The molecular formula is C36H29N5O5S. The molecule has 1 saturated heterocycles. The van der Waals surface area contributed by atoms with Gasteiger partial charge in [-0.15, -0.1) is 0 Å². The first kappa shape index (κ1) is 29.9. The average molecular weight is 644 g/mol. The standard InChI is InChI=1S/C36H29N5O5S/c1-41-31-20-27(46-26-15-11-24(12-16-26)37-35(43)39-29-8-4-6-23-5-2-3-7-28(23)29)17-18-30(31)38-33(41)21-45-25-13-9-22(10-14-25)19-32-34(42)40-36(44)47-32/h2-18,20,32H,19,21H2,1H3,(H2,37,39,43)(H,40,42,44). The van der Waals surface area contributed by atoms with Crippen molar-refractivity contribution in [2.75, 3.05) is 10.6 Å². The third kappa shape index (κ3) is 6.75. The first-order chi connectivity index (χ1) is 22.9. The molecule has 2 heterocycles. The van der Waals surface area contributed by atoms with Crippen LogP contribution in [0, 0.1) is 0 Å². The zero-order valence-electron chi connectivity index (χ0n) is 25.2. The van der Waals surface area contributed by atoms with Crippen LogP contribution in [0.1, 0.15) is 11.4 Å². The van der Waals surface area contributed by atoms with Crippen molar-refractivity contribution < 1.29 is 23.9 Å². The van der Waals surface area contributed by atoms with Crippen LogP contribution in [0.15, 0.2) is 109 Å². The number of nitrogens with zero attached hydrogens (tertiary/aromatic N) is 2. The number of hydrogen-bond donors (Lipinski definition) is 3. The van der Waals surface area contributed by atoms with Crippen LogP contribution in [0.4, 0.5) is 21.0 Å². The Balaban J connectivity index is 0.948. The Labute approximate surface area is 274 Å². The summed E-state index contributed by atoms with van der Waals surface area (Å²) in [7, 11) is 1.93. The van der Waals surface area contributed by atoms with Crippen LogP contribution in [-0.4, -0.2) is 32.0 Å². The number of ether oxygens (including phenoxy) is 2. The number of carbonyl (C=O) groups excluding carboxylic acids is 3. The molecule has 6 aromatic rings. The van der Waals surface area contributed by atoms with Gasteiger partial charge in [0.05, 0.1) is 22.0 Å². The minimum absolute atomic E-state index is 0.249. The molecule has 0 spiro atoms. The summed E-state index contributed by atoms with van der Waals surface area (Å²) in [5.41, 5.74) is 4.02. The quantitative estimate of drug-likeness (QED) is 0.148. The van der Waals surface area contributed by atoms with Crippen molar-refractivity contribution in [2.24, 2.45) is 7.05 Å². The second-order valence-electron chi connectivity index (χ2n) is 11.0. The van der Waals surface area contributed by atoms with Gasteiger partial charge < -0.3 is 24.7 Å². The van der Waals surface area contributed by atoms with E-state index in [-0.39, 0.29) is 23.8 Å². The third-order valence-electron chi connectivity index (χ3n) is 7.81. The Bertz CT molecular complexity index is 2120. The summed E-state index contributed by atoms with van der Waals surface area (Å²) in [6, 6.07) is 33.7. The van der Waals surface area contributed by atoms with E-state index in [4.69, 9.17) is 14.5 Å². The van der Waals surface area contributed by atoms with E-state index in [1.54, 1.807) is 24.3 Å². The third-order valence-corrected chi connectivity index (χ3v) is 8.79. The number of urea groups is 1. The number of hydrogen-bond acceptors (Lipinski definition) is 7. The van der Waals surface area contributed by atoms with Gasteiger partial charge >= 0.3 is 6.03 Å². The molecule has 0 radical (unpaired) electrons. The average Bonchev–Trinajstić information content (AvgIpc) is 3.57. The molecule has 11 heteroatoms. The second-order valence-corrected chi connectivity index (χ2v) is 12.2. The fraction of sp³-hybridized carbons (Fsp3) is 0.111. The van der Waals surface area contributed by atoms with E-state index in [1.807, 2.05) is 96.5 Å². The molecule has 1 unspecified atom stereocenters. The largest absolute Gasteiger partial charge is 0.486 e. The lowest BCUT2D eigenvalue weighted by Crippen LogP contribution is -2.25.